The monoisotopic (exact) mass is 363 g/mol. The standard InChI is InChI=1S/C18H18FNO4S/c19-15-9-4-5-11-17(15)25(22,23)20-12-6-10-16(20)18(21)24-13-14-7-2-1-3-8-14/h1-5,7-9,11,16H,6,10,12-13H2/t16-/m0/s1. The van der Waals surface area contributed by atoms with Gasteiger partial charge in [0.2, 0.25) is 10.0 Å². The zero-order valence-electron chi connectivity index (χ0n) is 13.5. The first-order valence-electron chi connectivity index (χ1n) is 7.97. The number of benzene rings is 2. The van der Waals surface area contributed by atoms with Crippen LogP contribution < -0.4 is 0 Å². The van der Waals surface area contributed by atoms with Crippen LogP contribution in [-0.4, -0.2) is 31.3 Å². The molecule has 1 atom stereocenters. The predicted octanol–water partition coefficient (Wildman–Crippen LogP) is 2.72. The summed E-state index contributed by atoms with van der Waals surface area (Å²) < 4.78 is 45.7. The van der Waals surface area contributed by atoms with E-state index in [0.717, 1.165) is 15.9 Å². The fraction of sp³-hybridized carbons (Fsp3) is 0.278. The Kier molecular flexibility index (Phi) is 5.15. The molecule has 0 aliphatic carbocycles. The second kappa shape index (κ2) is 7.33. The summed E-state index contributed by atoms with van der Waals surface area (Å²) in [6, 6.07) is 13.4. The van der Waals surface area contributed by atoms with E-state index < -0.39 is 32.7 Å². The highest BCUT2D eigenvalue weighted by Crippen LogP contribution is 2.28. The van der Waals surface area contributed by atoms with Gasteiger partial charge in [-0.05, 0) is 30.5 Å². The largest absolute Gasteiger partial charge is 0.460 e. The molecule has 0 N–H and O–H groups in total. The Labute approximate surface area is 146 Å². The average molecular weight is 363 g/mol. The van der Waals surface area contributed by atoms with Crippen molar-refractivity contribution >= 4 is 16.0 Å². The van der Waals surface area contributed by atoms with Crippen molar-refractivity contribution in [1.82, 2.24) is 4.31 Å². The number of hydrogen-bond acceptors (Lipinski definition) is 4. The van der Waals surface area contributed by atoms with Crippen LogP contribution in [-0.2, 0) is 26.2 Å². The van der Waals surface area contributed by atoms with Gasteiger partial charge in [0.1, 0.15) is 23.4 Å². The molecule has 0 aromatic heterocycles. The summed E-state index contributed by atoms with van der Waals surface area (Å²) in [6.07, 6.45) is 0.889. The molecule has 0 saturated carbocycles. The lowest BCUT2D eigenvalue weighted by Crippen LogP contribution is -2.41. The van der Waals surface area contributed by atoms with Gasteiger partial charge in [-0.15, -0.1) is 0 Å². The molecule has 25 heavy (non-hydrogen) atoms. The molecule has 1 aliphatic heterocycles. The molecule has 0 radical (unpaired) electrons. The van der Waals surface area contributed by atoms with E-state index in [1.807, 2.05) is 30.3 Å². The maximum absolute atomic E-state index is 13.9. The van der Waals surface area contributed by atoms with Gasteiger partial charge in [-0.3, -0.25) is 4.79 Å². The summed E-state index contributed by atoms with van der Waals surface area (Å²) in [4.78, 5) is 12.0. The molecule has 1 fully saturated rings. The van der Waals surface area contributed by atoms with E-state index in [1.54, 1.807) is 0 Å². The molecule has 132 valence electrons. The SMILES string of the molecule is O=C(OCc1ccccc1)[C@@H]1CCCN1S(=O)(=O)c1ccccc1F. The first-order chi connectivity index (χ1) is 12.0. The van der Waals surface area contributed by atoms with Crippen molar-refractivity contribution in [2.45, 2.75) is 30.4 Å². The van der Waals surface area contributed by atoms with E-state index in [2.05, 4.69) is 0 Å². The Hall–Kier alpha value is -2.25. The lowest BCUT2D eigenvalue weighted by molar-refractivity contribution is -0.148. The summed E-state index contributed by atoms with van der Waals surface area (Å²) in [7, 11) is -4.09. The summed E-state index contributed by atoms with van der Waals surface area (Å²) in [5.41, 5.74) is 0.817. The van der Waals surface area contributed by atoms with E-state index in [4.69, 9.17) is 4.74 Å². The minimum atomic E-state index is -4.09. The third-order valence-electron chi connectivity index (χ3n) is 4.12. The fourth-order valence-electron chi connectivity index (χ4n) is 2.87. The summed E-state index contributed by atoms with van der Waals surface area (Å²) in [6.45, 7) is 0.242. The van der Waals surface area contributed by atoms with Crippen LogP contribution in [0.1, 0.15) is 18.4 Å². The Balaban J connectivity index is 1.76. The van der Waals surface area contributed by atoms with E-state index in [-0.39, 0.29) is 13.2 Å². The first-order valence-corrected chi connectivity index (χ1v) is 9.41. The van der Waals surface area contributed by atoms with Gasteiger partial charge in [0.15, 0.2) is 0 Å². The van der Waals surface area contributed by atoms with Crippen molar-refractivity contribution < 1.29 is 22.3 Å². The minimum absolute atomic E-state index is 0.0732. The number of carbonyl (C=O) groups excluding carboxylic acids is 1. The van der Waals surface area contributed by atoms with Gasteiger partial charge in [0.05, 0.1) is 0 Å². The van der Waals surface area contributed by atoms with E-state index >= 15 is 0 Å². The van der Waals surface area contributed by atoms with E-state index in [9.17, 15) is 17.6 Å². The molecule has 0 spiro atoms. The summed E-state index contributed by atoms with van der Waals surface area (Å²) in [5, 5.41) is 0. The topological polar surface area (TPSA) is 63.7 Å². The molecule has 7 heteroatoms. The van der Waals surface area contributed by atoms with Crippen LogP contribution in [0.3, 0.4) is 0 Å². The molecule has 0 amide bonds. The van der Waals surface area contributed by atoms with Gasteiger partial charge >= 0.3 is 5.97 Å². The quantitative estimate of drug-likeness (QED) is 0.767. The third-order valence-corrected chi connectivity index (χ3v) is 6.06. The van der Waals surface area contributed by atoms with Crippen molar-refractivity contribution in [2.75, 3.05) is 6.54 Å². The van der Waals surface area contributed by atoms with Crippen LogP contribution in [0.5, 0.6) is 0 Å². The Morgan fingerprint density at radius 1 is 1.12 bits per heavy atom. The van der Waals surface area contributed by atoms with Crippen LogP contribution in [0.2, 0.25) is 0 Å². The highest BCUT2D eigenvalue weighted by Gasteiger charge is 2.41. The second-order valence-electron chi connectivity index (χ2n) is 5.80. The molecule has 0 bridgehead atoms. The first kappa shape index (κ1) is 17.6. The minimum Gasteiger partial charge on any atom is -0.460 e. The Morgan fingerprint density at radius 3 is 2.52 bits per heavy atom. The molecule has 2 aromatic rings. The maximum Gasteiger partial charge on any atom is 0.324 e. The maximum atomic E-state index is 13.9. The second-order valence-corrected chi connectivity index (χ2v) is 7.66. The predicted molar refractivity (Wildman–Crippen MR) is 89.6 cm³/mol. The van der Waals surface area contributed by atoms with Gasteiger partial charge in [0, 0.05) is 6.54 Å². The number of esters is 1. The van der Waals surface area contributed by atoms with Gasteiger partial charge in [-0.25, -0.2) is 12.8 Å². The van der Waals surface area contributed by atoms with Crippen LogP contribution in [0.25, 0.3) is 0 Å². The number of halogens is 1. The lowest BCUT2D eigenvalue weighted by atomic mass is 10.2. The molecular formula is C18H18FNO4S. The van der Waals surface area contributed by atoms with Gasteiger partial charge in [0.25, 0.3) is 0 Å². The number of ether oxygens (including phenoxy) is 1. The lowest BCUT2D eigenvalue weighted by Gasteiger charge is -2.23. The zero-order chi connectivity index (χ0) is 17.9. The number of nitrogens with zero attached hydrogens (tertiary/aromatic N) is 1. The molecule has 2 aromatic carbocycles. The number of sulfonamides is 1. The zero-order valence-corrected chi connectivity index (χ0v) is 14.3. The molecule has 1 aliphatic rings. The Bertz CT molecular complexity index is 854. The number of rotatable bonds is 5. The van der Waals surface area contributed by atoms with Crippen molar-refractivity contribution in [3.05, 3.63) is 66.0 Å². The normalized spacial score (nSPS) is 18.2. The summed E-state index contributed by atoms with van der Waals surface area (Å²) in [5.74, 6) is -1.44. The van der Waals surface area contributed by atoms with Crippen LogP contribution in [0.4, 0.5) is 4.39 Å². The van der Waals surface area contributed by atoms with E-state index in [1.165, 1.54) is 18.2 Å². The molecular weight excluding hydrogens is 345 g/mol. The van der Waals surface area contributed by atoms with Crippen LogP contribution in [0.15, 0.2) is 59.5 Å². The van der Waals surface area contributed by atoms with Crippen LogP contribution >= 0.6 is 0 Å². The molecule has 3 rings (SSSR count). The smallest absolute Gasteiger partial charge is 0.324 e. The van der Waals surface area contributed by atoms with Gasteiger partial charge in [-0.2, -0.15) is 4.31 Å². The van der Waals surface area contributed by atoms with E-state index in [0.29, 0.717) is 12.8 Å². The summed E-state index contributed by atoms with van der Waals surface area (Å²) >= 11 is 0. The highest BCUT2D eigenvalue weighted by molar-refractivity contribution is 7.89. The van der Waals surface area contributed by atoms with Crippen molar-refractivity contribution in [3.8, 4) is 0 Å². The molecule has 0 unspecified atom stereocenters. The third kappa shape index (κ3) is 3.72. The van der Waals surface area contributed by atoms with Gasteiger partial charge in [-0.1, -0.05) is 42.5 Å². The van der Waals surface area contributed by atoms with Crippen molar-refractivity contribution in [1.29, 1.82) is 0 Å². The van der Waals surface area contributed by atoms with Crippen molar-refractivity contribution in [3.63, 3.8) is 0 Å². The number of hydrogen-bond donors (Lipinski definition) is 0. The average Bonchev–Trinajstić information content (AvgIpc) is 3.11. The molecule has 5 nitrogen and oxygen atoms in total. The molecule has 1 heterocycles. The fourth-order valence-corrected chi connectivity index (χ4v) is 4.58. The van der Waals surface area contributed by atoms with Crippen molar-refractivity contribution in [2.24, 2.45) is 0 Å². The number of carbonyl (C=O) groups is 1. The van der Waals surface area contributed by atoms with Gasteiger partial charge < -0.3 is 4.74 Å². The van der Waals surface area contributed by atoms with Crippen LogP contribution in [0, 0.1) is 5.82 Å². The highest BCUT2D eigenvalue weighted by atomic mass is 32.2. The molecule has 1 saturated heterocycles. The Morgan fingerprint density at radius 2 is 1.80 bits per heavy atom.